The summed E-state index contributed by atoms with van der Waals surface area (Å²) >= 11 is 0. The van der Waals surface area contributed by atoms with E-state index in [-0.39, 0.29) is 0 Å². The van der Waals surface area contributed by atoms with Gasteiger partial charge < -0.3 is 15.4 Å². The number of hydrogen-bond acceptors (Lipinski definition) is 2. The lowest BCUT2D eigenvalue weighted by atomic mass is 10.1. The highest BCUT2D eigenvalue weighted by atomic mass is 16.5. The van der Waals surface area contributed by atoms with Gasteiger partial charge in [0.1, 0.15) is 5.75 Å². The zero-order chi connectivity index (χ0) is 15.1. The van der Waals surface area contributed by atoms with E-state index >= 15 is 0 Å². The van der Waals surface area contributed by atoms with E-state index in [0.717, 1.165) is 43.6 Å². The molecule has 0 heterocycles. The standard InChI is InChI=1S/C17H27N3O/c1-4-18-17(20-16-12-13(16)2)19-11-5-6-14-7-9-15(21-3)10-8-14/h7-10,13,16H,4-6,11-12H2,1-3H3,(H2,18,19,20). The monoisotopic (exact) mass is 289 g/mol. The molecule has 0 bridgehead atoms. The fourth-order valence-electron chi connectivity index (χ4n) is 2.29. The maximum atomic E-state index is 5.17. The van der Waals surface area contributed by atoms with E-state index in [1.54, 1.807) is 7.11 Å². The number of rotatable bonds is 7. The van der Waals surface area contributed by atoms with Crippen LogP contribution >= 0.6 is 0 Å². The van der Waals surface area contributed by atoms with E-state index in [0.29, 0.717) is 6.04 Å². The molecule has 0 radical (unpaired) electrons. The number of methoxy groups -OCH3 is 1. The Balaban J connectivity index is 1.73. The first-order chi connectivity index (χ1) is 10.2. The van der Waals surface area contributed by atoms with Crippen LogP contribution in [0.3, 0.4) is 0 Å². The quantitative estimate of drug-likeness (QED) is 0.461. The van der Waals surface area contributed by atoms with Crippen LogP contribution in [0, 0.1) is 5.92 Å². The molecule has 0 amide bonds. The zero-order valence-electron chi connectivity index (χ0n) is 13.4. The van der Waals surface area contributed by atoms with Crippen molar-refractivity contribution in [3.8, 4) is 5.75 Å². The Kier molecular flexibility index (Phi) is 5.90. The summed E-state index contributed by atoms with van der Waals surface area (Å²) < 4.78 is 5.17. The fourth-order valence-corrected chi connectivity index (χ4v) is 2.29. The van der Waals surface area contributed by atoms with Gasteiger partial charge in [-0.3, -0.25) is 4.99 Å². The largest absolute Gasteiger partial charge is 0.497 e. The van der Waals surface area contributed by atoms with Crippen molar-refractivity contribution in [2.45, 2.75) is 39.2 Å². The lowest BCUT2D eigenvalue weighted by Gasteiger charge is -2.10. The maximum Gasteiger partial charge on any atom is 0.191 e. The van der Waals surface area contributed by atoms with Crippen molar-refractivity contribution in [3.63, 3.8) is 0 Å². The molecule has 2 atom stereocenters. The first-order valence-electron chi connectivity index (χ1n) is 7.90. The molecule has 1 aromatic carbocycles. The minimum absolute atomic E-state index is 0.615. The van der Waals surface area contributed by atoms with Crippen LogP contribution in [-0.2, 0) is 6.42 Å². The van der Waals surface area contributed by atoms with Gasteiger partial charge in [-0.2, -0.15) is 0 Å². The molecule has 1 fully saturated rings. The number of nitrogens with one attached hydrogen (secondary N) is 2. The molecule has 1 saturated carbocycles. The lowest BCUT2D eigenvalue weighted by molar-refractivity contribution is 0.414. The third-order valence-corrected chi connectivity index (χ3v) is 3.83. The van der Waals surface area contributed by atoms with Gasteiger partial charge in [0.2, 0.25) is 0 Å². The summed E-state index contributed by atoms with van der Waals surface area (Å²) in [6.07, 6.45) is 3.37. The van der Waals surface area contributed by atoms with Crippen LogP contribution in [0.2, 0.25) is 0 Å². The van der Waals surface area contributed by atoms with Gasteiger partial charge in [-0.15, -0.1) is 0 Å². The summed E-state index contributed by atoms with van der Waals surface area (Å²) in [5, 5.41) is 6.79. The van der Waals surface area contributed by atoms with Gasteiger partial charge in [0.25, 0.3) is 0 Å². The molecule has 1 aliphatic carbocycles. The molecule has 21 heavy (non-hydrogen) atoms. The van der Waals surface area contributed by atoms with E-state index in [4.69, 9.17) is 4.74 Å². The molecule has 4 heteroatoms. The SMILES string of the molecule is CCNC(=NCCCc1ccc(OC)cc1)NC1CC1C. The molecule has 2 rings (SSSR count). The van der Waals surface area contributed by atoms with Crippen LogP contribution in [0.5, 0.6) is 5.75 Å². The summed E-state index contributed by atoms with van der Waals surface area (Å²) in [5.74, 6) is 2.66. The molecule has 0 aliphatic heterocycles. The van der Waals surface area contributed by atoms with Crippen LogP contribution in [0.15, 0.2) is 29.3 Å². The summed E-state index contributed by atoms with van der Waals surface area (Å²) in [4.78, 5) is 4.65. The summed E-state index contributed by atoms with van der Waals surface area (Å²) in [6.45, 7) is 6.13. The van der Waals surface area contributed by atoms with Gasteiger partial charge in [0.15, 0.2) is 5.96 Å². The van der Waals surface area contributed by atoms with E-state index < -0.39 is 0 Å². The van der Waals surface area contributed by atoms with E-state index in [2.05, 4.69) is 41.6 Å². The molecule has 4 nitrogen and oxygen atoms in total. The number of benzene rings is 1. The number of aliphatic imine (C=N–C) groups is 1. The van der Waals surface area contributed by atoms with Crippen LogP contribution in [-0.4, -0.2) is 32.2 Å². The van der Waals surface area contributed by atoms with Crippen LogP contribution in [0.4, 0.5) is 0 Å². The molecule has 0 aromatic heterocycles. The first kappa shape index (κ1) is 15.7. The molecule has 2 unspecified atom stereocenters. The number of hydrogen-bond donors (Lipinski definition) is 2. The smallest absolute Gasteiger partial charge is 0.191 e. The highest BCUT2D eigenvalue weighted by Crippen LogP contribution is 2.28. The minimum atomic E-state index is 0.615. The molecule has 116 valence electrons. The van der Waals surface area contributed by atoms with Crippen LogP contribution in [0.25, 0.3) is 0 Å². The van der Waals surface area contributed by atoms with Crippen LogP contribution < -0.4 is 15.4 Å². The Bertz CT molecular complexity index is 456. The van der Waals surface area contributed by atoms with Gasteiger partial charge in [-0.1, -0.05) is 19.1 Å². The number of aryl methyl sites for hydroxylation is 1. The second-order valence-corrected chi connectivity index (χ2v) is 5.68. The molecular weight excluding hydrogens is 262 g/mol. The Morgan fingerprint density at radius 1 is 1.33 bits per heavy atom. The molecule has 0 saturated heterocycles. The average molecular weight is 289 g/mol. The van der Waals surface area contributed by atoms with Crippen molar-refractivity contribution >= 4 is 5.96 Å². The van der Waals surface area contributed by atoms with Gasteiger partial charge in [0, 0.05) is 19.1 Å². The van der Waals surface area contributed by atoms with Gasteiger partial charge in [0.05, 0.1) is 7.11 Å². The summed E-state index contributed by atoms with van der Waals surface area (Å²) in [5.41, 5.74) is 1.33. The topological polar surface area (TPSA) is 45.7 Å². The van der Waals surface area contributed by atoms with Crippen molar-refractivity contribution in [3.05, 3.63) is 29.8 Å². The molecule has 1 aromatic rings. The van der Waals surface area contributed by atoms with Crippen molar-refractivity contribution in [2.75, 3.05) is 20.2 Å². The molecule has 0 spiro atoms. The van der Waals surface area contributed by atoms with Crippen molar-refractivity contribution in [1.29, 1.82) is 0 Å². The Hall–Kier alpha value is -1.71. The second-order valence-electron chi connectivity index (χ2n) is 5.68. The Morgan fingerprint density at radius 3 is 2.62 bits per heavy atom. The predicted molar refractivity (Wildman–Crippen MR) is 88.0 cm³/mol. The average Bonchev–Trinajstić information content (AvgIpc) is 3.19. The maximum absolute atomic E-state index is 5.17. The number of nitrogens with zero attached hydrogens (tertiary/aromatic N) is 1. The van der Waals surface area contributed by atoms with Crippen molar-refractivity contribution in [2.24, 2.45) is 10.9 Å². The molecule has 2 N–H and O–H groups in total. The van der Waals surface area contributed by atoms with Gasteiger partial charge in [-0.25, -0.2) is 0 Å². The third-order valence-electron chi connectivity index (χ3n) is 3.83. The first-order valence-corrected chi connectivity index (χ1v) is 7.90. The number of ether oxygens (including phenoxy) is 1. The molecular formula is C17H27N3O. The second kappa shape index (κ2) is 7.91. The summed E-state index contributed by atoms with van der Waals surface area (Å²) in [6, 6.07) is 8.89. The van der Waals surface area contributed by atoms with E-state index in [9.17, 15) is 0 Å². The minimum Gasteiger partial charge on any atom is -0.497 e. The highest BCUT2D eigenvalue weighted by Gasteiger charge is 2.33. The highest BCUT2D eigenvalue weighted by molar-refractivity contribution is 5.80. The van der Waals surface area contributed by atoms with Crippen molar-refractivity contribution in [1.82, 2.24) is 10.6 Å². The van der Waals surface area contributed by atoms with Crippen molar-refractivity contribution < 1.29 is 4.74 Å². The van der Waals surface area contributed by atoms with Gasteiger partial charge >= 0.3 is 0 Å². The van der Waals surface area contributed by atoms with Crippen LogP contribution in [0.1, 0.15) is 32.3 Å². The Labute approximate surface area is 128 Å². The predicted octanol–water partition coefficient (Wildman–Crippen LogP) is 2.59. The Morgan fingerprint density at radius 2 is 2.05 bits per heavy atom. The normalized spacial score (nSPS) is 21.0. The third kappa shape index (κ3) is 5.29. The fraction of sp³-hybridized carbons (Fsp3) is 0.588. The lowest BCUT2D eigenvalue weighted by Crippen LogP contribution is -2.39. The van der Waals surface area contributed by atoms with Gasteiger partial charge in [-0.05, 0) is 49.8 Å². The number of guanidine groups is 1. The van der Waals surface area contributed by atoms with E-state index in [1.807, 2.05) is 12.1 Å². The zero-order valence-corrected chi connectivity index (χ0v) is 13.4. The molecule has 1 aliphatic rings. The van der Waals surface area contributed by atoms with E-state index in [1.165, 1.54) is 12.0 Å². The summed E-state index contributed by atoms with van der Waals surface area (Å²) in [7, 11) is 1.69.